The van der Waals surface area contributed by atoms with Gasteiger partial charge in [-0.25, -0.2) is 4.79 Å². The van der Waals surface area contributed by atoms with Crippen LogP contribution in [0.5, 0.6) is 0 Å². The van der Waals surface area contributed by atoms with Crippen molar-refractivity contribution in [2.24, 2.45) is 7.05 Å². The molecule has 1 heterocycles. The number of carboxylic acids is 1. The Hall–Kier alpha value is -2.23. The number of nitrogens with two attached hydrogens (primary N) is 1. The SMILES string of the molecule is Cc1ccc(-c2c(N)c(C(=O)O)c(C)n2C)cc1. The van der Waals surface area contributed by atoms with Crippen LogP contribution in [0.4, 0.5) is 5.69 Å². The molecule has 18 heavy (non-hydrogen) atoms. The molecule has 0 radical (unpaired) electrons. The molecule has 0 aliphatic carbocycles. The number of aromatic carboxylic acids is 1. The fourth-order valence-corrected chi connectivity index (χ4v) is 2.16. The number of hydrogen-bond donors (Lipinski definition) is 2. The van der Waals surface area contributed by atoms with Crippen molar-refractivity contribution in [1.29, 1.82) is 0 Å². The molecule has 1 aromatic heterocycles. The third-order valence-electron chi connectivity index (χ3n) is 3.26. The van der Waals surface area contributed by atoms with Gasteiger partial charge in [-0.05, 0) is 13.8 Å². The Morgan fingerprint density at radius 2 is 1.78 bits per heavy atom. The van der Waals surface area contributed by atoms with Crippen molar-refractivity contribution >= 4 is 11.7 Å². The number of aromatic nitrogens is 1. The van der Waals surface area contributed by atoms with Gasteiger partial charge >= 0.3 is 5.97 Å². The maximum atomic E-state index is 11.2. The second-order valence-corrected chi connectivity index (χ2v) is 4.45. The van der Waals surface area contributed by atoms with E-state index >= 15 is 0 Å². The van der Waals surface area contributed by atoms with E-state index in [0.717, 1.165) is 16.8 Å². The maximum absolute atomic E-state index is 11.2. The van der Waals surface area contributed by atoms with Gasteiger partial charge in [0.2, 0.25) is 0 Å². The highest BCUT2D eigenvalue weighted by Crippen LogP contribution is 2.33. The smallest absolute Gasteiger partial charge is 0.339 e. The summed E-state index contributed by atoms with van der Waals surface area (Å²) in [6, 6.07) is 7.87. The van der Waals surface area contributed by atoms with E-state index in [9.17, 15) is 9.90 Å². The summed E-state index contributed by atoms with van der Waals surface area (Å²) >= 11 is 0. The molecule has 4 heteroatoms. The lowest BCUT2D eigenvalue weighted by molar-refractivity contribution is 0.0697. The summed E-state index contributed by atoms with van der Waals surface area (Å²) in [5.74, 6) is -0.987. The second kappa shape index (κ2) is 4.22. The average molecular weight is 244 g/mol. The number of hydrogen-bond acceptors (Lipinski definition) is 2. The molecule has 0 fully saturated rings. The van der Waals surface area contributed by atoms with Gasteiger partial charge in [-0.3, -0.25) is 0 Å². The van der Waals surface area contributed by atoms with Crippen molar-refractivity contribution in [2.45, 2.75) is 13.8 Å². The first-order valence-corrected chi connectivity index (χ1v) is 5.68. The normalized spacial score (nSPS) is 10.6. The molecular formula is C14H16N2O2. The lowest BCUT2D eigenvalue weighted by Crippen LogP contribution is -2.01. The number of anilines is 1. The van der Waals surface area contributed by atoms with Crippen molar-refractivity contribution in [2.75, 3.05) is 5.73 Å². The Kier molecular flexibility index (Phi) is 2.87. The molecule has 1 aromatic carbocycles. The first-order valence-electron chi connectivity index (χ1n) is 5.68. The number of carbonyl (C=O) groups is 1. The van der Waals surface area contributed by atoms with E-state index < -0.39 is 5.97 Å². The highest BCUT2D eigenvalue weighted by atomic mass is 16.4. The molecule has 4 nitrogen and oxygen atoms in total. The molecule has 2 aromatic rings. The molecule has 0 bridgehead atoms. The first kappa shape index (κ1) is 12.2. The number of aryl methyl sites for hydroxylation is 1. The summed E-state index contributed by atoms with van der Waals surface area (Å²) < 4.78 is 1.82. The van der Waals surface area contributed by atoms with Gasteiger partial charge in [-0.15, -0.1) is 0 Å². The third-order valence-corrected chi connectivity index (χ3v) is 3.26. The lowest BCUT2D eigenvalue weighted by atomic mass is 10.1. The van der Waals surface area contributed by atoms with Gasteiger partial charge in [0.05, 0.1) is 11.4 Å². The monoisotopic (exact) mass is 244 g/mol. The zero-order valence-corrected chi connectivity index (χ0v) is 10.7. The van der Waals surface area contributed by atoms with Crippen molar-refractivity contribution in [1.82, 2.24) is 4.57 Å². The maximum Gasteiger partial charge on any atom is 0.339 e. The Bertz CT molecular complexity index is 610. The first-order chi connectivity index (χ1) is 8.43. The number of rotatable bonds is 2. The second-order valence-electron chi connectivity index (χ2n) is 4.45. The highest BCUT2D eigenvalue weighted by Gasteiger charge is 2.21. The predicted octanol–water partition coefficient (Wildman–Crippen LogP) is 2.59. The molecule has 0 atom stereocenters. The van der Waals surface area contributed by atoms with Crippen LogP contribution in [-0.2, 0) is 7.05 Å². The number of carboxylic acid groups (broad SMARTS) is 1. The van der Waals surface area contributed by atoms with Crippen LogP contribution >= 0.6 is 0 Å². The Morgan fingerprint density at radius 1 is 1.22 bits per heavy atom. The van der Waals surface area contributed by atoms with Gasteiger partial charge in [0.15, 0.2) is 0 Å². The number of nitrogen functional groups attached to an aromatic ring is 1. The summed E-state index contributed by atoms with van der Waals surface area (Å²) in [7, 11) is 1.83. The summed E-state index contributed by atoms with van der Waals surface area (Å²) in [6.45, 7) is 3.77. The van der Waals surface area contributed by atoms with E-state index in [4.69, 9.17) is 5.73 Å². The summed E-state index contributed by atoms with van der Waals surface area (Å²) in [5.41, 5.74) is 9.99. The van der Waals surface area contributed by atoms with E-state index in [1.807, 2.05) is 42.8 Å². The van der Waals surface area contributed by atoms with Crippen LogP contribution in [0.25, 0.3) is 11.3 Å². The zero-order chi connectivity index (χ0) is 13.4. The van der Waals surface area contributed by atoms with E-state index in [1.165, 1.54) is 0 Å². The Labute approximate surface area is 106 Å². The molecule has 0 saturated carbocycles. The highest BCUT2D eigenvalue weighted by molar-refractivity contribution is 5.99. The average Bonchev–Trinajstić information content (AvgIpc) is 2.52. The summed E-state index contributed by atoms with van der Waals surface area (Å²) in [4.78, 5) is 11.2. The molecule has 0 aliphatic rings. The molecular weight excluding hydrogens is 228 g/mol. The van der Waals surface area contributed by atoms with E-state index in [-0.39, 0.29) is 5.56 Å². The molecule has 2 rings (SSSR count). The third kappa shape index (κ3) is 1.76. The van der Waals surface area contributed by atoms with Crippen LogP contribution in [0.1, 0.15) is 21.6 Å². The van der Waals surface area contributed by atoms with Crippen molar-refractivity contribution in [3.8, 4) is 11.3 Å². The molecule has 0 saturated heterocycles. The van der Waals surface area contributed by atoms with Gasteiger partial charge in [-0.1, -0.05) is 29.8 Å². The number of nitrogens with zero attached hydrogens (tertiary/aromatic N) is 1. The molecule has 0 aliphatic heterocycles. The van der Waals surface area contributed by atoms with Gasteiger partial charge in [-0.2, -0.15) is 0 Å². The minimum atomic E-state index is -0.987. The topological polar surface area (TPSA) is 68.2 Å². The lowest BCUT2D eigenvalue weighted by Gasteiger charge is -2.06. The minimum Gasteiger partial charge on any atom is -0.478 e. The van der Waals surface area contributed by atoms with E-state index in [2.05, 4.69) is 0 Å². The van der Waals surface area contributed by atoms with Gasteiger partial charge in [0.25, 0.3) is 0 Å². The molecule has 0 unspecified atom stereocenters. The fraction of sp³-hybridized carbons (Fsp3) is 0.214. The quantitative estimate of drug-likeness (QED) is 0.853. The van der Waals surface area contributed by atoms with Gasteiger partial charge in [0, 0.05) is 18.3 Å². The van der Waals surface area contributed by atoms with Crippen molar-refractivity contribution < 1.29 is 9.90 Å². The number of benzene rings is 1. The molecule has 94 valence electrons. The molecule has 0 amide bonds. The summed E-state index contributed by atoms with van der Waals surface area (Å²) in [5, 5.41) is 9.18. The van der Waals surface area contributed by atoms with Gasteiger partial charge in [0.1, 0.15) is 5.56 Å². The van der Waals surface area contributed by atoms with E-state index in [0.29, 0.717) is 11.4 Å². The van der Waals surface area contributed by atoms with Crippen LogP contribution in [0.2, 0.25) is 0 Å². The van der Waals surface area contributed by atoms with Gasteiger partial charge < -0.3 is 15.4 Å². The molecule has 0 spiro atoms. The van der Waals surface area contributed by atoms with Crippen LogP contribution in [0.15, 0.2) is 24.3 Å². The van der Waals surface area contributed by atoms with Crippen LogP contribution in [0.3, 0.4) is 0 Å². The van der Waals surface area contributed by atoms with E-state index in [1.54, 1.807) is 6.92 Å². The zero-order valence-electron chi connectivity index (χ0n) is 10.7. The standard InChI is InChI=1S/C14H16N2O2/c1-8-4-6-10(7-5-8)13-12(15)11(14(17)18)9(2)16(13)3/h4-7H,15H2,1-3H3,(H,17,18). The minimum absolute atomic E-state index is 0.188. The van der Waals surface area contributed by atoms with Crippen LogP contribution < -0.4 is 5.73 Å². The Morgan fingerprint density at radius 3 is 2.22 bits per heavy atom. The fourth-order valence-electron chi connectivity index (χ4n) is 2.16. The van der Waals surface area contributed by atoms with Crippen molar-refractivity contribution in [3.05, 3.63) is 41.1 Å². The van der Waals surface area contributed by atoms with Crippen LogP contribution in [-0.4, -0.2) is 15.6 Å². The Balaban J connectivity index is 2.69. The van der Waals surface area contributed by atoms with Crippen LogP contribution in [0, 0.1) is 13.8 Å². The largest absolute Gasteiger partial charge is 0.478 e. The predicted molar refractivity (Wildman–Crippen MR) is 71.7 cm³/mol. The summed E-state index contributed by atoms with van der Waals surface area (Å²) in [6.07, 6.45) is 0. The molecule has 3 N–H and O–H groups in total. The van der Waals surface area contributed by atoms with Crippen molar-refractivity contribution in [3.63, 3.8) is 0 Å².